The number of aliphatic hydroxyl groups excluding tert-OH is 1. The lowest BCUT2D eigenvalue weighted by atomic mass is 9.79. The van der Waals surface area contributed by atoms with E-state index in [-0.39, 0.29) is 22.3 Å². The van der Waals surface area contributed by atoms with E-state index in [2.05, 4.69) is 95.7 Å². The van der Waals surface area contributed by atoms with E-state index in [9.17, 15) is 9.90 Å². The van der Waals surface area contributed by atoms with Gasteiger partial charge < -0.3 is 14.7 Å². The van der Waals surface area contributed by atoms with Gasteiger partial charge in [-0.25, -0.2) is 4.79 Å². The number of rotatable bonds is 7. The van der Waals surface area contributed by atoms with Crippen molar-refractivity contribution in [3.63, 3.8) is 0 Å². The largest absolute Gasteiger partial charge is 0.508 e. The summed E-state index contributed by atoms with van der Waals surface area (Å²) in [4.78, 5) is 13.9. The number of esters is 1. The van der Waals surface area contributed by atoms with Gasteiger partial charge >= 0.3 is 5.97 Å². The van der Waals surface area contributed by atoms with Crippen molar-refractivity contribution in [2.75, 3.05) is 4.90 Å². The average molecular weight is 556 g/mol. The molecule has 4 aromatic rings. The molecule has 1 N–H and O–H groups in total. The van der Waals surface area contributed by atoms with Gasteiger partial charge in [0, 0.05) is 39.7 Å². The Kier molecular flexibility index (Phi) is 7.20. The second-order valence-electron chi connectivity index (χ2n) is 12.3. The van der Waals surface area contributed by atoms with Crippen LogP contribution in [0.15, 0.2) is 111 Å². The highest BCUT2D eigenvalue weighted by Crippen LogP contribution is 2.51. The molecule has 4 heteroatoms. The molecule has 0 unspecified atom stereocenters. The van der Waals surface area contributed by atoms with Gasteiger partial charge in [-0.05, 0) is 93.9 Å². The first kappa shape index (κ1) is 28.7. The van der Waals surface area contributed by atoms with E-state index in [1.807, 2.05) is 48.5 Å². The molecule has 0 spiro atoms. The average Bonchev–Trinajstić information content (AvgIpc) is 3.19. The van der Waals surface area contributed by atoms with Crippen LogP contribution in [0.5, 0.6) is 0 Å². The molecular weight excluding hydrogens is 518 g/mol. The maximum Gasteiger partial charge on any atom is 0.335 e. The summed E-state index contributed by atoms with van der Waals surface area (Å²) < 4.78 is 5.23. The Morgan fingerprint density at radius 3 is 1.81 bits per heavy atom. The summed E-state index contributed by atoms with van der Waals surface area (Å²) >= 11 is 0. The fraction of sp³-hybridized carbons (Fsp3) is 0.184. The number of nitrogens with zero attached hydrogens (tertiary/aromatic N) is 1. The van der Waals surface area contributed by atoms with E-state index < -0.39 is 5.97 Å². The van der Waals surface area contributed by atoms with E-state index in [0.717, 1.165) is 23.1 Å². The highest BCUT2D eigenvalue weighted by atomic mass is 16.5. The van der Waals surface area contributed by atoms with Gasteiger partial charge in [0.25, 0.3) is 0 Å². The Labute approximate surface area is 248 Å². The lowest BCUT2D eigenvalue weighted by Crippen LogP contribution is -2.18. The van der Waals surface area contributed by atoms with Crippen molar-refractivity contribution in [1.82, 2.24) is 0 Å². The Morgan fingerprint density at radius 2 is 1.29 bits per heavy atom. The predicted molar refractivity (Wildman–Crippen MR) is 174 cm³/mol. The van der Waals surface area contributed by atoms with Gasteiger partial charge in [-0.1, -0.05) is 78.6 Å². The number of benzene rings is 4. The van der Waals surface area contributed by atoms with Crippen molar-refractivity contribution in [2.24, 2.45) is 0 Å². The van der Waals surface area contributed by atoms with Gasteiger partial charge in [-0.2, -0.15) is 0 Å². The molecule has 0 saturated heterocycles. The molecular formula is C38H37NO3. The first-order valence-corrected chi connectivity index (χ1v) is 14.0. The molecule has 4 aromatic carbocycles. The third-order valence-electron chi connectivity index (χ3n) is 8.08. The summed E-state index contributed by atoms with van der Waals surface area (Å²) in [5.74, 6) is -0.264. The van der Waals surface area contributed by atoms with Crippen molar-refractivity contribution in [1.29, 1.82) is 0 Å². The van der Waals surface area contributed by atoms with E-state index in [4.69, 9.17) is 4.74 Å². The molecule has 4 nitrogen and oxygen atoms in total. The number of aliphatic hydroxyl groups is 1. The van der Waals surface area contributed by atoms with E-state index in [1.165, 1.54) is 27.8 Å². The van der Waals surface area contributed by atoms with Crippen LogP contribution in [0.2, 0.25) is 0 Å². The lowest BCUT2D eigenvalue weighted by molar-refractivity contribution is -0.131. The lowest BCUT2D eigenvalue weighted by Gasteiger charge is -2.28. The topological polar surface area (TPSA) is 49.8 Å². The van der Waals surface area contributed by atoms with Crippen LogP contribution in [0.3, 0.4) is 0 Å². The zero-order chi connectivity index (χ0) is 30.4. The fourth-order valence-corrected chi connectivity index (χ4v) is 5.60. The van der Waals surface area contributed by atoms with Crippen molar-refractivity contribution in [3.8, 4) is 11.1 Å². The monoisotopic (exact) mass is 555 g/mol. The number of hydrogen-bond donors (Lipinski definition) is 1. The molecule has 0 atom stereocenters. The van der Waals surface area contributed by atoms with Gasteiger partial charge in [-0.15, -0.1) is 0 Å². The molecule has 0 radical (unpaired) electrons. The van der Waals surface area contributed by atoms with Crippen molar-refractivity contribution < 1.29 is 14.6 Å². The van der Waals surface area contributed by atoms with Crippen LogP contribution in [-0.2, 0) is 20.4 Å². The second kappa shape index (κ2) is 10.5. The van der Waals surface area contributed by atoms with Gasteiger partial charge in [0.15, 0.2) is 0 Å². The fourth-order valence-electron chi connectivity index (χ4n) is 5.60. The maximum atomic E-state index is 11.7. The minimum absolute atomic E-state index is 0.0247. The zero-order valence-electron chi connectivity index (χ0n) is 25.0. The Morgan fingerprint density at radius 1 is 0.786 bits per heavy atom. The molecule has 42 heavy (non-hydrogen) atoms. The summed E-state index contributed by atoms with van der Waals surface area (Å²) in [5, 5.41) is 9.91. The minimum Gasteiger partial charge on any atom is -0.508 e. The van der Waals surface area contributed by atoms with Crippen LogP contribution in [-0.4, -0.2) is 11.1 Å². The number of hydrogen-bond acceptors (Lipinski definition) is 4. The normalized spacial score (nSPS) is 13.1. The number of ether oxygens (including phenoxy) is 1. The first-order valence-electron chi connectivity index (χ1n) is 14.0. The van der Waals surface area contributed by atoms with Crippen molar-refractivity contribution in [2.45, 2.75) is 45.4 Å². The summed E-state index contributed by atoms with van der Waals surface area (Å²) in [6.45, 7) is 22.3. The molecule has 212 valence electrons. The molecule has 0 bridgehead atoms. The van der Waals surface area contributed by atoms with Crippen LogP contribution < -0.4 is 4.90 Å². The first-order chi connectivity index (χ1) is 19.8. The molecule has 0 fully saturated rings. The van der Waals surface area contributed by atoms with E-state index in [1.54, 1.807) is 0 Å². The Hall–Kier alpha value is -4.83. The van der Waals surface area contributed by atoms with Crippen LogP contribution in [0.1, 0.15) is 62.4 Å². The van der Waals surface area contributed by atoms with Crippen LogP contribution in [0, 0.1) is 0 Å². The standard InChI is InChI=1S/C38H37NO3/c1-9-36(41)42-25(3)27-12-17-30(18-13-27)39(29-15-10-26(11-16-29)24(2)40)31-19-21-33-32-20-14-28(37(4,5)6)22-34(32)38(7,8)35(33)23-31/h9-23,40H,1-3H2,4-8H3. The number of carbonyl (C=O) groups is 1. The van der Waals surface area contributed by atoms with Gasteiger partial charge in [-0.3, -0.25) is 0 Å². The third-order valence-corrected chi connectivity index (χ3v) is 8.08. The van der Waals surface area contributed by atoms with Crippen LogP contribution >= 0.6 is 0 Å². The minimum atomic E-state index is -0.548. The van der Waals surface area contributed by atoms with Crippen LogP contribution in [0.4, 0.5) is 17.1 Å². The number of carbonyl (C=O) groups excluding carboxylic acids is 1. The molecule has 0 aromatic heterocycles. The van der Waals surface area contributed by atoms with Crippen LogP contribution in [0.25, 0.3) is 22.6 Å². The van der Waals surface area contributed by atoms with E-state index >= 15 is 0 Å². The summed E-state index contributed by atoms with van der Waals surface area (Å²) in [7, 11) is 0. The van der Waals surface area contributed by atoms with Crippen molar-refractivity contribution >= 4 is 34.5 Å². The molecule has 0 heterocycles. The summed E-state index contributed by atoms with van der Waals surface area (Å²) in [5.41, 5.74) is 10.6. The summed E-state index contributed by atoms with van der Waals surface area (Å²) in [6, 6.07) is 28.9. The molecule has 1 aliphatic carbocycles. The smallest absolute Gasteiger partial charge is 0.335 e. The number of fused-ring (bicyclic) bond motifs is 3. The molecule has 0 aliphatic heterocycles. The molecule has 0 amide bonds. The quantitative estimate of drug-likeness (QED) is 0.140. The third kappa shape index (κ3) is 5.16. The van der Waals surface area contributed by atoms with Crippen molar-refractivity contribution in [3.05, 3.63) is 139 Å². The maximum absolute atomic E-state index is 11.7. The van der Waals surface area contributed by atoms with Gasteiger partial charge in [0.1, 0.15) is 11.5 Å². The predicted octanol–water partition coefficient (Wildman–Crippen LogP) is 9.99. The SMILES string of the molecule is C=CC(=O)OC(=C)c1ccc(N(c2ccc(C(=C)O)cc2)c2ccc3c(c2)C(C)(C)c2cc(C(C)(C)C)ccc2-3)cc1. The molecule has 5 rings (SSSR count). The highest BCUT2D eigenvalue weighted by Gasteiger charge is 2.37. The second-order valence-corrected chi connectivity index (χ2v) is 12.3. The van der Waals surface area contributed by atoms with E-state index in [0.29, 0.717) is 11.1 Å². The molecule has 1 aliphatic rings. The van der Waals surface area contributed by atoms with Gasteiger partial charge in [0.2, 0.25) is 0 Å². The zero-order valence-corrected chi connectivity index (χ0v) is 25.0. The Bertz CT molecular complexity index is 1720. The number of anilines is 3. The Balaban J connectivity index is 1.60. The highest BCUT2D eigenvalue weighted by molar-refractivity contribution is 5.88. The van der Waals surface area contributed by atoms with Gasteiger partial charge in [0.05, 0.1) is 0 Å². The summed E-state index contributed by atoms with van der Waals surface area (Å²) in [6.07, 6.45) is 1.11. The molecule has 0 saturated carbocycles.